The Morgan fingerprint density at radius 3 is 2.55 bits per heavy atom. The third-order valence-electron chi connectivity index (χ3n) is 5.62. The van der Waals surface area contributed by atoms with E-state index in [0.29, 0.717) is 25.7 Å². The summed E-state index contributed by atoms with van der Waals surface area (Å²) in [5.74, 6) is -1.53. The van der Waals surface area contributed by atoms with Gasteiger partial charge in [0.1, 0.15) is 25.1 Å². The van der Waals surface area contributed by atoms with E-state index in [-0.39, 0.29) is 43.7 Å². The van der Waals surface area contributed by atoms with Crippen molar-refractivity contribution >= 4 is 17.7 Å². The maximum absolute atomic E-state index is 12.3. The van der Waals surface area contributed by atoms with E-state index in [0.717, 1.165) is 19.3 Å². The highest BCUT2D eigenvalue weighted by Gasteiger charge is 2.39. The van der Waals surface area contributed by atoms with Crippen LogP contribution in [0.1, 0.15) is 71.6 Å². The molecule has 33 heavy (non-hydrogen) atoms. The van der Waals surface area contributed by atoms with Gasteiger partial charge in [0.05, 0.1) is 12.2 Å². The number of aliphatic hydroxyl groups excluding tert-OH is 3. The van der Waals surface area contributed by atoms with E-state index in [4.69, 9.17) is 4.74 Å². The Balaban J connectivity index is 2.32. The fraction of sp³-hybridized carbons (Fsp3) is 0.720. The summed E-state index contributed by atoms with van der Waals surface area (Å²) in [6, 6.07) is 0. The van der Waals surface area contributed by atoms with Crippen LogP contribution in [0, 0.1) is 11.8 Å². The highest BCUT2D eigenvalue weighted by molar-refractivity contribution is 5.84. The molecular formula is C25H40O8. The van der Waals surface area contributed by atoms with Gasteiger partial charge < -0.3 is 24.8 Å². The number of unbranched alkanes of at least 4 members (excludes halogenated alkanes) is 3. The van der Waals surface area contributed by atoms with Gasteiger partial charge in [0.2, 0.25) is 0 Å². The van der Waals surface area contributed by atoms with Crippen molar-refractivity contribution in [2.45, 2.75) is 89.9 Å². The molecule has 0 spiro atoms. The Labute approximate surface area is 196 Å². The van der Waals surface area contributed by atoms with Gasteiger partial charge in [0, 0.05) is 31.6 Å². The Hall–Kier alpha value is -2.03. The Morgan fingerprint density at radius 2 is 1.85 bits per heavy atom. The van der Waals surface area contributed by atoms with Gasteiger partial charge in [-0.1, -0.05) is 50.5 Å². The average molecular weight is 469 g/mol. The summed E-state index contributed by atoms with van der Waals surface area (Å²) in [6.45, 7) is 2.90. The van der Waals surface area contributed by atoms with Crippen molar-refractivity contribution in [3.8, 4) is 0 Å². The molecule has 1 aliphatic rings. The Bertz CT molecular complexity index is 657. The van der Waals surface area contributed by atoms with Gasteiger partial charge >= 0.3 is 11.9 Å². The lowest BCUT2D eigenvalue weighted by Crippen LogP contribution is -2.24. The molecule has 1 rings (SSSR count). The zero-order chi connectivity index (χ0) is 24.6. The molecule has 0 aromatic carbocycles. The molecule has 188 valence electrons. The van der Waals surface area contributed by atoms with Crippen molar-refractivity contribution < 1.29 is 39.2 Å². The lowest BCUT2D eigenvalue weighted by molar-refractivity contribution is -0.151. The predicted molar refractivity (Wildman–Crippen MR) is 123 cm³/mol. The topological polar surface area (TPSA) is 130 Å². The van der Waals surface area contributed by atoms with Gasteiger partial charge in [-0.3, -0.25) is 14.4 Å². The number of carbonyl (C=O) groups excluding carboxylic acids is 3. The molecule has 0 aromatic rings. The van der Waals surface area contributed by atoms with Crippen molar-refractivity contribution in [2.24, 2.45) is 11.8 Å². The van der Waals surface area contributed by atoms with Crippen molar-refractivity contribution in [3.05, 3.63) is 24.3 Å². The van der Waals surface area contributed by atoms with Crippen LogP contribution in [-0.2, 0) is 23.9 Å². The third kappa shape index (κ3) is 12.7. The van der Waals surface area contributed by atoms with Crippen LogP contribution in [0.5, 0.6) is 0 Å². The molecule has 0 aliphatic heterocycles. The van der Waals surface area contributed by atoms with Gasteiger partial charge in [-0.25, -0.2) is 0 Å². The lowest BCUT2D eigenvalue weighted by Gasteiger charge is -2.16. The van der Waals surface area contributed by atoms with Crippen LogP contribution in [0.15, 0.2) is 24.3 Å². The van der Waals surface area contributed by atoms with E-state index in [1.165, 1.54) is 6.92 Å². The number of esters is 2. The first-order valence-electron chi connectivity index (χ1n) is 11.9. The second-order valence-electron chi connectivity index (χ2n) is 8.61. The number of carbonyl (C=O) groups is 3. The van der Waals surface area contributed by atoms with Crippen LogP contribution >= 0.6 is 0 Å². The van der Waals surface area contributed by atoms with Gasteiger partial charge in [-0.15, -0.1) is 0 Å². The number of allylic oxidation sites excluding steroid dienone is 2. The van der Waals surface area contributed by atoms with Gasteiger partial charge in [-0.05, 0) is 25.7 Å². The summed E-state index contributed by atoms with van der Waals surface area (Å²) in [5.41, 5.74) is 0. The second kappa shape index (κ2) is 16.6. The molecule has 1 aliphatic carbocycles. The fourth-order valence-electron chi connectivity index (χ4n) is 3.73. The minimum absolute atomic E-state index is 0.0261. The highest BCUT2D eigenvalue weighted by Crippen LogP contribution is 2.33. The summed E-state index contributed by atoms with van der Waals surface area (Å²) >= 11 is 0. The SMILES string of the molecule is CCCCC[C@H](O)/C=C/[C@H]1[C@H](O)CC(=O)[C@@H]1C/C=C\CCCC(=O)OC[C@H](O)COC(C)=O. The molecule has 0 saturated heterocycles. The molecule has 0 amide bonds. The molecule has 8 heteroatoms. The van der Waals surface area contributed by atoms with Crippen molar-refractivity contribution in [1.29, 1.82) is 0 Å². The highest BCUT2D eigenvalue weighted by atomic mass is 16.6. The normalized spacial score (nSPS) is 22.7. The largest absolute Gasteiger partial charge is 0.463 e. The van der Waals surface area contributed by atoms with Gasteiger partial charge in [0.15, 0.2) is 0 Å². The van der Waals surface area contributed by atoms with Gasteiger partial charge in [0.25, 0.3) is 0 Å². The quantitative estimate of drug-likeness (QED) is 0.179. The van der Waals surface area contributed by atoms with Crippen LogP contribution in [0.4, 0.5) is 0 Å². The smallest absolute Gasteiger partial charge is 0.305 e. The van der Waals surface area contributed by atoms with Gasteiger partial charge in [-0.2, -0.15) is 0 Å². The van der Waals surface area contributed by atoms with Crippen LogP contribution in [0.25, 0.3) is 0 Å². The molecule has 1 fully saturated rings. The van der Waals surface area contributed by atoms with Crippen molar-refractivity contribution in [1.82, 2.24) is 0 Å². The van der Waals surface area contributed by atoms with E-state index in [1.54, 1.807) is 12.2 Å². The van der Waals surface area contributed by atoms with Crippen LogP contribution in [0.2, 0.25) is 0 Å². The molecule has 1 saturated carbocycles. The zero-order valence-corrected chi connectivity index (χ0v) is 19.9. The van der Waals surface area contributed by atoms with Crippen molar-refractivity contribution in [3.63, 3.8) is 0 Å². The molecule has 0 heterocycles. The molecular weight excluding hydrogens is 428 g/mol. The lowest BCUT2D eigenvalue weighted by atomic mass is 9.90. The van der Waals surface area contributed by atoms with Crippen LogP contribution < -0.4 is 0 Å². The molecule has 8 nitrogen and oxygen atoms in total. The summed E-state index contributed by atoms with van der Waals surface area (Å²) < 4.78 is 9.56. The minimum atomic E-state index is -1.04. The fourth-order valence-corrected chi connectivity index (χ4v) is 3.73. The van der Waals surface area contributed by atoms with E-state index < -0.39 is 30.3 Å². The summed E-state index contributed by atoms with van der Waals surface area (Å²) in [7, 11) is 0. The second-order valence-corrected chi connectivity index (χ2v) is 8.61. The first kappa shape index (κ1) is 29.0. The Kier molecular flexibility index (Phi) is 14.6. The molecule has 0 unspecified atom stereocenters. The molecule has 5 atom stereocenters. The molecule has 0 aromatic heterocycles. The standard InChI is InChI=1S/C25H40O8/c1-3-4-7-10-19(27)13-14-22-21(23(29)15-24(22)30)11-8-5-6-9-12-25(31)33-17-20(28)16-32-18(2)26/h5,8,13-14,19-22,24,27-28,30H,3-4,6-7,9-12,15-17H2,1-2H3/b8-5-,14-13+/t19-,20+,21+,22+,24+/m0/s1. The number of rotatable bonds is 16. The first-order chi connectivity index (χ1) is 15.7. The predicted octanol–water partition coefficient (Wildman–Crippen LogP) is 2.63. The molecule has 0 radical (unpaired) electrons. The number of ketones is 1. The summed E-state index contributed by atoms with van der Waals surface area (Å²) in [5, 5.41) is 29.8. The number of Topliss-reactive ketones (excluding diaryl/α,β-unsaturated/α-hetero) is 1. The number of ether oxygens (including phenoxy) is 2. The van der Waals surface area contributed by atoms with E-state index in [1.807, 2.05) is 12.2 Å². The number of hydrogen-bond donors (Lipinski definition) is 3. The summed E-state index contributed by atoms with van der Waals surface area (Å²) in [6.07, 6.45) is 10.8. The first-order valence-corrected chi connectivity index (χ1v) is 11.9. The van der Waals surface area contributed by atoms with E-state index >= 15 is 0 Å². The summed E-state index contributed by atoms with van der Waals surface area (Å²) in [4.78, 5) is 34.6. The Morgan fingerprint density at radius 1 is 1.12 bits per heavy atom. The monoisotopic (exact) mass is 468 g/mol. The zero-order valence-electron chi connectivity index (χ0n) is 19.9. The molecule has 0 bridgehead atoms. The maximum atomic E-state index is 12.3. The van der Waals surface area contributed by atoms with Crippen LogP contribution in [0.3, 0.4) is 0 Å². The van der Waals surface area contributed by atoms with Crippen molar-refractivity contribution in [2.75, 3.05) is 13.2 Å². The third-order valence-corrected chi connectivity index (χ3v) is 5.62. The number of aliphatic hydroxyl groups is 3. The maximum Gasteiger partial charge on any atom is 0.305 e. The average Bonchev–Trinajstić information content (AvgIpc) is 3.03. The van der Waals surface area contributed by atoms with E-state index in [2.05, 4.69) is 11.7 Å². The van der Waals surface area contributed by atoms with E-state index in [9.17, 15) is 29.7 Å². The van der Waals surface area contributed by atoms with Crippen LogP contribution in [-0.4, -0.2) is 64.6 Å². The number of hydrogen-bond acceptors (Lipinski definition) is 8. The molecule has 3 N–H and O–H groups in total. The minimum Gasteiger partial charge on any atom is -0.463 e.